The van der Waals surface area contributed by atoms with E-state index >= 15 is 0 Å². The highest BCUT2D eigenvalue weighted by Gasteiger charge is 2.39. The number of fused-ring (bicyclic) bond motifs is 2. The van der Waals surface area contributed by atoms with Gasteiger partial charge in [-0.3, -0.25) is 4.90 Å². The van der Waals surface area contributed by atoms with E-state index in [4.69, 9.17) is 0 Å². The molecule has 4 unspecified atom stereocenters. The van der Waals surface area contributed by atoms with Gasteiger partial charge in [-0.1, -0.05) is 26.2 Å². The van der Waals surface area contributed by atoms with Crippen molar-refractivity contribution in [2.45, 2.75) is 82.8 Å². The quantitative estimate of drug-likeness (QED) is 0.837. The Balaban J connectivity index is 1.48. The maximum Gasteiger partial charge on any atom is 0.0114 e. The van der Waals surface area contributed by atoms with Crippen molar-refractivity contribution in [1.82, 2.24) is 10.2 Å². The maximum absolute atomic E-state index is 3.51. The standard InChI is InChI=1S/C17H32N2/c1-13-4-3-5-14(10-13)8-9-19-16-6-7-17(19)12-15(11-16)18-2/h13-18H,3-12H2,1-2H3. The smallest absolute Gasteiger partial charge is 0.0114 e. The number of hydrogen-bond acceptors (Lipinski definition) is 2. The van der Waals surface area contributed by atoms with E-state index in [9.17, 15) is 0 Å². The van der Waals surface area contributed by atoms with E-state index in [-0.39, 0.29) is 0 Å². The van der Waals surface area contributed by atoms with Crippen molar-refractivity contribution >= 4 is 0 Å². The molecule has 19 heavy (non-hydrogen) atoms. The molecule has 4 atom stereocenters. The van der Waals surface area contributed by atoms with Crippen LogP contribution in [0.5, 0.6) is 0 Å². The van der Waals surface area contributed by atoms with Crippen LogP contribution >= 0.6 is 0 Å². The van der Waals surface area contributed by atoms with Gasteiger partial charge in [-0.2, -0.15) is 0 Å². The zero-order chi connectivity index (χ0) is 13.2. The Morgan fingerprint density at radius 2 is 1.74 bits per heavy atom. The van der Waals surface area contributed by atoms with Gasteiger partial charge in [0.1, 0.15) is 0 Å². The third-order valence-corrected chi connectivity index (χ3v) is 6.13. The van der Waals surface area contributed by atoms with Crippen molar-refractivity contribution in [3.05, 3.63) is 0 Å². The SMILES string of the molecule is CNC1CC2CCC(C1)N2CCC1CCCC(C)C1. The molecular weight excluding hydrogens is 232 g/mol. The topological polar surface area (TPSA) is 15.3 Å². The number of nitrogens with one attached hydrogen (secondary N) is 1. The van der Waals surface area contributed by atoms with Crippen molar-refractivity contribution in [3.8, 4) is 0 Å². The van der Waals surface area contributed by atoms with Crippen molar-refractivity contribution in [3.63, 3.8) is 0 Å². The molecule has 2 heteroatoms. The molecule has 0 amide bonds. The summed E-state index contributed by atoms with van der Waals surface area (Å²) < 4.78 is 0. The van der Waals surface area contributed by atoms with Gasteiger partial charge in [-0.25, -0.2) is 0 Å². The van der Waals surface area contributed by atoms with Crippen molar-refractivity contribution in [2.24, 2.45) is 11.8 Å². The minimum Gasteiger partial charge on any atom is -0.317 e. The fourth-order valence-electron chi connectivity index (χ4n) is 5.03. The lowest BCUT2D eigenvalue weighted by Gasteiger charge is -2.40. The molecule has 3 aliphatic rings. The van der Waals surface area contributed by atoms with E-state index in [1.807, 2.05) is 0 Å². The minimum absolute atomic E-state index is 0.795. The van der Waals surface area contributed by atoms with E-state index in [1.54, 1.807) is 0 Å². The van der Waals surface area contributed by atoms with Gasteiger partial charge < -0.3 is 5.32 Å². The number of rotatable bonds is 4. The van der Waals surface area contributed by atoms with Crippen molar-refractivity contribution in [1.29, 1.82) is 0 Å². The largest absolute Gasteiger partial charge is 0.317 e. The fraction of sp³-hybridized carbons (Fsp3) is 1.00. The van der Waals surface area contributed by atoms with E-state index in [1.165, 1.54) is 64.3 Å². The maximum atomic E-state index is 3.51. The predicted molar refractivity (Wildman–Crippen MR) is 81.3 cm³/mol. The van der Waals surface area contributed by atoms with Crippen LogP contribution in [-0.4, -0.2) is 36.6 Å². The van der Waals surface area contributed by atoms with E-state index in [0.29, 0.717) is 0 Å². The van der Waals surface area contributed by atoms with E-state index < -0.39 is 0 Å². The summed E-state index contributed by atoms with van der Waals surface area (Å²) in [6.07, 6.45) is 13.2. The summed E-state index contributed by atoms with van der Waals surface area (Å²) in [4.78, 5) is 2.88. The van der Waals surface area contributed by atoms with Gasteiger partial charge in [0, 0.05) is 18.1 Å². The van der Waals surface area contributed by atoms with Crippen LogP contribution in [0.15, 0.2) is 0 Å². The van der Waals surface area contributed by atoms with E-state index in [2.05, 4.69) is 24.2 Å². The molecule has 0 radical (unpaired) electrons. The highest BCUT2D eigenvalue weighted by molar-refractivity contribution is 4.97. The summed E-state index contributed by atoms with van der Waals surface area (Å²) in [7, 11) is 2.14. The monoisotopic (exact) mass is 264 g/mol. The van der Waals surface area contributed by atoms with Gasteiger partial charge in [0.2, 0.25) is 0 Å². The van der Waals surface area contributed by atoms with Crippen LogP contribution in [0.2, 0.25) is 0 Å². The first-order valence-corrected chi connectivity index (χ1v) is 8.69. The van der Waals surface area contributed by atoms with Crippen LogP contribution < -0.4 is 5.32 Å². The van der Waals surface area contributed by atoms with Gasteiger partial charge in [0.15, 0.2) is 0 Å². The van der Waals surface area contributed by atoms with Crippen LogP contribution in [-0.2, 0) is 0 Å². The normalized spacial score (nSPS) is 43.6. The molecule has 2 bridgehead atoms. The van der Waals surface area contributed by atoms with Gasteiger partial charge in [-0.15, -0.1) is 0 Å². The molecule has 2 nitrogen and oxygen atoms in total. The molecule has 0 aromatic carbocycles. The summed E-state index contributed by atoms with van der Waals surface area (Å²) in [5.41, 5.74) is 0. The van der Waals surface area contributed by atoms with Crippen LogP contribution in [0.1, 0.15) is 64.7 Å². The van der Waals surface area contributed by atoms with Crippen LogP contribution in [0.3, 0.4) is 0 Å². The molecule has 1 N–H and O–H groups in total. The van der Waals surface area contributed by atoms with Gasteiger partial charge >= 0.3 is 0 Å². The lowest BCUT2D eigenvalue weighted by molar-refractivity contribution is 0.105. The number of hydrogen-bond donors (Lipinski definition) is 1. The Morgan fingerprint density at radius 1 is 1.00 bits per heavy atom. The molecule has 0 aromatic heterocycles. The summed E-state index contributed by atoms with van der Waals surface area (Å²) >= 11 is 0. The molecule has 3 fully saturated rings. The lowest BCUT2D eigenvalue weighted by atomic mass is 9.80. The fourth-order valence-corrected chi connectivity index (χ4v) is 5.03. The molecule has 0 spiro atoms. The number of nitrogens with zero attached hydrogens (tertiary/aromatic N) is 1. The zero-order valence-corrected chi connectivity index (χ0v) is 12.9. The molecule has 1 saturated carbocycles. The molecule has 0 aromatic rings. The second-order valence-electron chi connectivity index (χ2n) is 7.51. The highest BCUT2D eigenvalue weighted by Crippen LogP contribution is 2.37. The van der Waals surface area contributed by atoms with E-state index in [0.717, 1.165) is 30.0 Å². The van der Waals surface area contributed by atoms with Crippen molar-refractivity contribution in [2.75, 3.05) is 13.6 Å². The van der Waals surface area contributed by atoms with Gasteiger partial charge in [0.05, 0.1) is 0 Å². The molecule has 3 rings (SSSR count). The summed E-state index contributed by atoms with van der Waals surface area (Å²) in [6.45, 7) is 3.84. The molecule has 2 aliphatic heterocycles. The zero-order valence-electron chi connectivity index (χ0n) is 12.9. The predicted octanol–water partition coefficient (Wildman–Crippen LogP) is 3.42. The first kappa shape index (κ1) is 13.9. The third kappa shape index (κ3) is 3.16. The Kier molecular flexibility index (Phi) is 4.48. The van der Waals surface area contributed by atoms with Crippen LogP contribution in [0.25, 0.3) is 0 Å². The van der Waals surface area contributed by atoms with Gasteiger partial charge in [-0.05, 0) is 64.0 Å². The average molecular weight is 264 g/mol. The Bertz CT molecular complexity index is 277. The van der Waals surface area contributed by atoms with Crippen LogP contribution in [0.4, 0.5) is 0 Å². The Labute approximate surface area is 119 Å². The second kappa shape index (κ2) is 6.13. The lowest BCUT2D eigenvalue weighted by Crippen LogP contribution is -2.48. The second-order valence-corrected chi connectivity index (χ2v) is 7.51. The Hall–Kier alpha value is -0.0800. The average Bonchev–Trinajstić information content (AvgIpc) is 2.66. The molecule has 2 heterocycles. The minimum atomic E-state index is 0.795. The summed E-state index contributed by atoms with van der Waals surface area (Å²) in [5.74, 6) is 2.02. The first-order chi connectivity index (χ1) is 9.26. The summed E-state index contributed by atoms with van der Waals surface area (Å²) in [5, 5.41) is 3.51. The third-order valence-electron chi connectivity index (χ3n) is 6.13. The molecular formula is C17H32N2. The Morgan fingerprint density at radius 3 is 2.37 bits per heavy atom. The first-order valence-electron chi connectivity index (χ1n) is 8.69. The highest BCUT2D eigenvalue weighted by atomic mass is 15.2. The molecule has 1 aliphatic carbocycles. The number of piperidine rings is 1. The van der Waals surface area contributed by atoms with Gasteiger partial charge in [0.25, 0.3) is 0 Å². The molecule has 110 valence electrons. The van der Waals surface area contributed by atoms with Crippen LogP contribution in [0, 0.1) is 11.8 Å². The summed E-state index contributed by atoms with van der Waals surface area (Å²) in [6, 6.07) is 2.60. The molecule has 2 saturated heterocycles. The van der Waals surface area contributed by atoms with Crippen molar-refractivity contribution < 1.29 is 0 Å².